The fourth-order valence-corrected chi connectivity index (χ4v) is 2.98. The molecule has 1 amide bonds. The van der Waals surface area contributed by atoms with E-state index < -0.39 is 0 Å². The molecule has 0 saturated carbocycles. The van der Waals surface area contributed by atoms with Gasteiger partial charge in [0, 0.05) is 6.54 Å². The molecule has 0 saturated heterocycles. The lowest BCUT2D eigenvalue weighted by molar-refractivity contribution is 0.0727. The summed E-state index contributed by atoms with van der Waals surface area (Å²) in [5.74, 6) is -0.154. The van der Waals surface area contributed by atoms with E-state index in [0.29, 0.717) is 23.4 Å². The van der Waals surface area contributed by atoms with Gasteiger partial charge in [-0.15, -0.1) is 0 Å². The fourth-order valence-electron chi connectivity index (χ4n) is 2.63. The number of pyridine rings is 1. The van der Waals surface area contributed by atoms with E-state index in [1.54, 1.807) is 16.5 Å². The number of aromatic nitrogens is 1. The summed E-state index contributed by atoms with van der Waals surface area (Å²) < 4.78 is 7.78. The minimum atomic E-state index is -0.317. The van der Waals surface area contributed by atoms with Crippen molar-refractivity contribution < 1.29 is 9.53 Å². The predicted octanol–water partition coefficient (Wildman–Crippen LogP) is 2.47. The average molecular weight is 392 g/mol. The highest BCUT2D eigenvalue weighted by Crippen LogP contribution is 2.25. The summed E-state index contributed by atoms with van der Waals surface area (Å²) in [7, 11) is 0. The molecule has 1 aliphatic rings. The van der Waals surface area contributed by atoms with Gasteiger partial charge in [0.2, 0.25) is 5.43 Å². The number of carbonyl (C=O) groups is 1. The van der Waals surface area contributed by atoms with Crippen LogP contribution in [0.2, 0.25) is 0 Å². The maximum absolute atomic E-state index is 12.7. The molecule has 0 radical (unpaired) electrons. The third-order valence-electron chi connectivity index (χ3n) is 4.01. The predicted molar refractivity (Wildman–Crippen MR) is 94.9 cm³/mol. The number of rotatable bonds is 4. The lowest BCUT2D eigenvalue weighted by Crippen LogP contribution is -2.47. The lowest BCUT2D eigenvalue weighted by atomic mass is 10.2. The highest BCUT2D eigenvalue weighted by Gasteiger charge is 2.31. The number of amides is 1. The van der Waals surface area contributed by atoms with Gasteiger partial charge in [-0.3, -0.25) is 14.3 Å². The van der Waals surface area contributed by atoms with Crippen molar-refractivity contribution in [3.8, 4) is 5.75 Å². The van der Waals surface area contributed by atoms with Gasteiger partial charge in [0.05, 0.1) is 10.2 Å². The van der Waals surface area contributed by atoms with Crippen LogP contribution >= 0.6 is 15.9 Å². The molecule has 0 bridgehead atoms. The molecular weight excluding hydrogens is 374 g/mol. The number of carbonyl (C=O) groups excluding carboxylic acids is 1. The first-order valence-electron chi connectivity index (χ1n) is 7.69. The second-order valence-corrected chi connectivity index (χ2v) is 6.29. The van der Waals surface area contributed by atoms with Crippen LogP contribution in [0.5, 0.6) is 5.75 Å². The number of halogens is 1. The van der Waals surface area contributed by atoms with Crippen LogP contribution in [0.3, 0.4) is 0 Å². The summed E-state index contributed by atoms with van der Waals surface area (Å²) in [6.07, 6.45) is 0. The topological polar surface area (TPSA) is 63.6 Å². The Morgan fingerprint density at radius 3 is 2.62 bits per heavy atom. The molecule has 1 aliphatic heterocycles. The molecule has 6 nitrogen and oxygen atoms in total. The second-order valence-electron chi connectivity index (χ2n) is 5.49. The van der Waals surface area contributed by atoms with Crippen molar-refractivity contribution in [2.24, 2.45) is 0 Å². The van der Waals surface area contributed by atoms with Crippen molar-refractivity contribution in [3.63, 3.8) is 0 Å². The first kappa shape index (κ1) is 16.6. The van der Waals surface area contributed by atoms with Crippen LogP contribution in [0.4, 0.5) is 0 Å². The minimum absolute atomic E-state index is 0.0620. The molecule has 2 aromatic rings. The Morgan fingerprint density at radius 2 is 1.96 bits per heavy atom. The molecule has 1 N–H and O–H groups in total. The Kier molecular flexibility index (Phi) is 4.62. The Bertz CT molecular complexity index is 833. The van der Waals surface area contributed by atoms with Crippen LogP contribution in [0.15, 0.2) is 39.6 Å². The molecule has 0 unspecified atom stereocenters. The van der Waals surface area contributed by atoms with Crippen LogP contribution in [-0.2, 0) is 6.61 Å². The van der Waals surface area contributed by atoms with Gasteiger partial charge in [-0.1, -0.05) is 30.3 Å². The van der Waals surface area contributed by atoms with E-state index in [2.05, 4.69) is 21.4 Å². The van der Waals surface area contributed by atoms with Crippen molar-refractivity contribution in [2.75, 3.05) is 18.6 Å². The van der Waals surface area contributed by atoms with Crippen LogP contribution in [-0.4, -0.2) is 28.7 Å². The number of hydrogen-bond donors (Lipinski definition) is 1. The van der Waals surface area contributed by atoms with Crippen molar-refractivity contribution in [1.82, 2.24) is 9.58 Å². The van der Waals surface area contributed by atoms with E-state index in [1.807, 2.05) is 37.3 Å². The molecule has 126 valence electrons. The summed E-state index contributed by atoms with van der Waals surface area (Å²) in [5.41, 5.74) is 4.64. The maximum atomic E-state index is 12.7. The van der Waals surface area contributed by atoms with E-state index in [1.165, 1.54) is 0 Å². The van der Waals surface area contributed by atoms with Gasteiger partial charge in [-0.2, -0.15) is 0 Å². The summed E-state index contributed by atoms with van der Waals surface area (Å²) in [5, 5.41) is 0. The van der Waals surface area contributed by atoms with Gasteiger partial charge < -0.3 is 15.1 Å². The molecule has 1 aromatic heterocycles. The van der Waals surface area contributed by atoms with Crippen LogP contribution in [0.25, 0.3) is 0 Å². The molecule has 7 heteroatoms. The zero-order valence-corrected chi connectivity index (χ0v) is 15.1. The Morgan fingerprint density at radius 1 is 1.25 bits per heavy atom. The van der Waals surface area contributed by atoms with E-state index >= 15 is 0 Å². The van der Waals surface area contributed by atoms with E-state index in [4.69, 9.17) is 4.74 Å². The third kappa shape index (κ3) is 2.80. The number of benzene rings is 1. The molecule has 1 aromatic carbocycles. The molecule has 0 fully saturated rings. The van der Waals surface area contributed by atoms with Crippen molar-refractivity contribution in [1.29, 1.82) is 0 Å². The average Bonchev–Trinajstić information content (AvgIpc) is 2.61. The lowest BCUT2D eigenvalue weighted by Gasteiger charge is -2.32. The summed E-state index contributed by atoms with van der Waals surface area (Å²) >= 11 is 3.31. The van der Waals surface area contributed by atoms with Gasteiger partial charge in [0.25, 0.3) is 5.91 Å². The van der Waals surface area contributed by atoms with Crippen molar-refractivity contribution in [3.05, 3.63) is 62.0 Å². The third-order valence-corrected chi connectivity index (χ3v) is 4.95. The van der Waals surface area contributed by atoms with Gasteiger partial charge in [-0.05, 0) is 35.3 Å². The van der Waals surface area contributed by atoms with Crippen LogP contribution < -0.4 is 15.6 Å². The highest BCUT2D eigenvalue weighted by atomic mass is 79.9. The standard InChI is InChI=1S/C17H18BrN3O3/c1-3-20-10-19-21-11(2)13(18)15(22)16(14(21)17(20)23)24-9-12-7-5-4-6-8-12/h4-8,19H,3,9-10H2,1-2H3. The van der Waals surface area contributed by atoms with Crippen molar-refractivity contribution >= 4 is 21.8 Å². The van der Waals surface area contributed by atoms with Gasteiger partial charge in [0.1, 0.15) is 13.3 Å². The van der Waals surface area contributed by atoms with Crippen LogP contribution in [0.1, 0.15) is 28.7 Å². The number of fused-ring (bicyclic) bond motifs is 1. The molecule has 3 rings (SSSR count). The summed E-state index contributed by atoms with van der Waals surface area (Å²) in [6.45, 7) is 4.82. The van der Waals surface area contributed by atoms with Gasteiger partial charge in [0.15, 0.2) is 11.4 Å². The first-order chi connectivity index (χ1) is 11.5. The molecule has 0 aliphatic carbocycles. The van der Waals surface area contributed by atoms with Gasteiger partial charge >= 0.3 is 0 Å². The molecule has 2 heterocycles. The quantitative estimate of drug-likeness (QED) is 0.869. The fraction of sp³-hybridized carbons (Fsp3) is 0.294. The maximum Gasteiger partial charge on any atom is 0.277 e. The smallest absolute Gasteiger partial charge is 0.277 e. The zero-order chi connectivity index (χ0) is 17.3. The minimum Gasteiger partial charge on any atom is -0.482 e. The van der Waals surface area contributed by atoms with Gasteiger partial charge in [-0.25, -0.2) is 0 Å². The number of ether oxygens (including phenoxy) is 1. The monoisotopic (exact) mass is 391 g/mol. The normalized spacial score (nSPS) is 13.5. The van der Waals surface area contributed by atoms with E-state index in [0.717, 1.165) is 5.56 Å². The number of nitrogens with zero attached hydrogens (tertiary/aromatic N) is 2. The molecular formula is C17H18BrN3O3. The van der Waals surface area contributed by atoms with Crippen molar-refractivity contribution in [2.45, 2.75) is 20.5 Å². The molecule has 0 atom stereocenters. The second kappa shape index (κ2) is 6.68. The first-order valence-corrected chi connectivity index (χ1v) is 8.48. The van der Waals surface area contributed by atoms with E-state index in [-0.39, 0.29) is 29.4 Å². The highest BCUT2D eigenvalue weighted by molar-refractivity contribution is 9.10. The number of hydrogen-bond acceptors (Lipinski definition) is 4. The Labute approximate surface area is 148 Å². The Balaban J connectivity index is 2.06. The molecule has 0 spiro atoms. The number of nitrogens with one attached hydrogen (secondary N) is 1. The summed E-state index contributed by atoms with van der Waals surface area (Å²) in [6, 6.07) is 9.53. The van der Waals surface area contributed by atoms with Crippen LogP contribution in [0, 0.1) is 6.92 Å². The largest absolute Gasteiger partial charge is 0.482 e. The SMILES string of the molecule is CCN1CNn2c(C)c(Br)c(=O)c(OCc3ccccc3)c2C1=O. The summed E-state index contributed by atoms with van der Waals surface area (Å²) in [4.78, 5) is 27.0. The van der Waals surface area contributed by atoms with E-state index in [9.17, 15) is 9.59 Å². The zero-order valence-electron chi connectivity index (χ0n) is 13.5. The Hall–Kier alpha value is -2.28. The molecule has 24 heavy (non-hydrogen) atoms.